The highest BCUT2D eigenvalue weighted by Crippen LogP contribution is 2.28. The monoisotopic (exact) mass is 534 g/mol. The van der Waals surface area contributed by atoms with Crippen LogP contribution in [0.3, 0.4) is 0 Å². The molecule has 0 atom stereocenters. The lowest BCUT2D eigenvalue weighted by Crippen LogP contribution is -2.48. The molecule has 0 spiro atoms. The summed E-state index contributed by atoms with van der Waals surface area (Å²) >= 11 is 0. The fourth-order valence-corrected chi connectivity index (χ4v) is 5.23. The van der Waals surface area contributed by atoms with Crippen molar-refractivity contribution in [3.63, 3.8) is 0 Å². The summed E-state index contributed by atoms with van der Waals surface area (Å²) in [6.45, 7) is 6.94. The summed E-state index contributed by atoms with van der Waals surface area (Å²) in [5.41, 5.74) is 4.00. The van der Waals surface area contributed by atoms with E-state index in [0.717, 1.165) is 29.9 Å². The molecular weight excluding hydrogens is 503 g/mol. The smallest absolute Gasteiger partial charge is 0.274 e. The van der Waals surface area contributed by atoms with Crippen LogP contribution in [0.4, 0.5) is 10.1 Å². The number of nitrogens with zero attached hydrogens (tertiary/aromatic N) is 4. The van der Waals surface area contributed by atoms with Gasteiger partial charge in [-0.05, 0) is 42.8 Å². The number of amides is 1. The number of halogens is 1. The van der Waals surface area contributed by atoms with Gasteiger partial charge in [0.05, 0.1) is 12.3 Å². The number of ether oxygens (including phenoxy) is 1. The fourth-order valence-electron chi connectivity index (χ4n) is 5.23. The Morgan fingerprint density at radius 2 is 1.62 bits per heavy atom. The van der Waals surface area contributed by atoms with E-state index >= 15 is 0 Å². The number of rotatable bonds is 6. The topological polar surface area (TPSA) is 50.6 Å². The molecule has 1 fully saturated rings. The largest absolute Gasteiger partial charge is 0.494 e. The van der Waals surface area contributed by atoms with E-state index in [1.54, 1.807) is 16.8 Å². The molecule has 1 aromatic heterocycles. The maximum atomic E-state index is 14.5. The van der Waals surface area contributed by atoms with Crippen LogP contribution in [-0.2, 0) is 0 Å². The van der Waals surface area contributed by atoms with Crippen LogP contribution in [0.5, 0.6) is 5.75 Å². The number of carbonyl (C=O) groups is 1. The number of hydrogen-bond donors (Lipinski definition) is 0. The first kappa shape index (κ1) is 25.6. The lowest BCUT2D eigenvalue weighted by Gasteiger charge is -2.36. The Balaban J connectivity index is 1.27. The molecule has 2 heterocycles. The van der Waals surface area contributed by atoms with Crippen molar-refractivity contribution in [3.8, 4) is 22.8 Å². The zero-order valence-electron chi connectivity index (χ0n) is 22.7. The maximum absolute atomic E-state index is 14.5. The molecule has 202 valence electrons. The Morgan fingerprint density at radius 1 is 0.875 bits per heavy atom. The molecule has 6 nitrogen and oxygen atoms in total. The maximum Gasteiger partial charge on any atom is 0.274 e. The highest BCUT2D eigenvalue weighted by atomic mass is 19.1. The van der Waals surface area contributed by atoms with Crippen molar-refractivity contribution in [2.24, 2.45) is 0 Å². The van der Waals surface area contributed by atoms with Gasteiger partial charge in [0, 0.05) is 55.8 Å². The van der Waals surface area contributed by atoms with Gasteiger partial charge in [-0.15, -0.1) is 0 Å². The van der Waals surface area contributed by atoms with Crippen molar-refractivity contribution in [2.75, 3.05) is 37.7 Å². The van der Waals surface area contributed by atoms with Gasteiger partial charge >= 0.3 is 0 Å². The molecule has 40 heavy (non-hydrogen) atoms. The van der Waals surface area contributed by atoms with Crippen molar-refractivity contribution in [1.82, 2.24) is 14.5 Å². The summed E-state index contributed by atoms with van der Waals surface area (Å²) < 4.78 is 21.9. The van der Waals surface area contributed by atoms with Crippen LogP contribution in [0.1, 0.15) is 23.0 Å². The van der Waals surface area contributed by atoms with Gasteiger partial charge in [0.2, 0.25) is 0 Å². The van der Waals surface area contributed by atoms with Gasteiger partial charge in [0.15, 0.2) is 0 Å². The molecule has 0 aliphatic carbocycles. The van der Waals surface area contributed by atoms with Crippen LogP contribution < -0.4 is 9.64 Å². The zero-order chi connectivity index (χ0) is 27.6. The predicted octanol–water partition coefficient (Wildman–Crippen LogP) is 6.50. The molecular formula is C33H31FN4O2. The van der Waals surface area contributed by atoms with Crippen LogP contribution in [0.15, 0.2) is 91.1 Å². The van der Waals surface area contributed by atoms with Crippen molar-refractivity contribution < 1.29 is 13.9 Å². The Kier molecular flexibility index (Phi) is 6.95. The van der Waals surface area contributed by atoms with Crippen LogP contribution >= 0.6 is 0 Å². The second-order valence-corrected chi connectivity index (χ2v) is 10.1. The van der Waals surface area contributed by atoms with E-state index in [4.69, 9.17) is 9.72 Å². The fraction of sp³-hybridized carbons (Fsp3) is 0.212. The van der Waals surface area contributed by atoms with Gasteiger partial charge in [-0.3, -0.25) is 9.36 Å². The third-order valence-corrected chi connectivity index (χ3v) is 7.35. The first-order valence-corrected chi connectivity index (χ1v) is 13.6. The second-order valence-electron chi connectivity index (χ2n) is 10.1. The molecule has 4 aromatic carbocycles. The summed E-state index contributed by atoms with van der Waals surface area (Å²) in [6.07, 6.45) is 1.71. The first-order chi connectivity index (χ1) is 19.5. The Bertz CT molecular complexity index is 1670. The van der Waals surface area contributed by atoms with Crippen molar-refractivity contribution >= 4 is 22.4 Å². The third kappa shape index (κ3) is 5.15. The van der Waals surface area contributed by atoms with E-state index in [1.807, 2.05) is 55.1 Å². The first-order valence-electron chi connectivity index (χ1n) is 13.6. The molecule has 7 heteroatoms. The average Bonchev–Trinajstić information content (AvgIpc) is 3.43. The summed E-state index contributed by atoms with van der Waals surface area (Å²) in [5.74, 6) is 0.457. The van der Waals surface area contributed by atoms with Gasteiger partial charge in [-0.25, -0.2) is 9.37 Å². The van der Waals surface area contributed by atoms with E-state index in [2.05, 4.69) is 35.2 Å². The van der Waals surface area contributed by atoms with E-state index in [-0.39, 0.29) is 5.91 Å². The van der Waals surface area contributed by atoms with Gasteiger partial charge < -0.3 is 14.5 Å². The quantitative estimate of drug-likeness (QED) is 0.250. The predicted molar refractivity (Wildman–Crippen MR) is 157 cm³/mol. The number of anilines is 1. The number of aromatic nitrogens is 2. The number of benzene rings is 4. The number of carbonyl (C=O) groups excluding carboxylic acids is 1. The number of fused-ring (bicyclic) bond motifs is 1. The number of imidazole rings is 1. The minimum Gasteiger partial charge on any atom is -0.494 e. The Labute approximate surface area is 233 Å². The molecule has 1 aliphatic heterocycles. The van der Waals surface area contributed by atoms with Crippen molar-refractivity contribution in [1.29, 1.82) is 0 Å². The van der Waals surface area contributed by atoms with Gasteiger partial charge in [-0.2, -0.15) is 0 Å². The van der Waals surface area contributed by atoms with Crippen molar-refractivity contribution in [3.05, 3.63) is 108 Å². The van der Waals surface area contributed by atoms with Gasteiger partial charge in [0.1, 0.15) is 23.1 Å². The zero-order valence-corrected chi connectivity index (χ0v) is 22.7. The van der Waals surface area contributed by atoms with Crippen LogP contribution in [-0.4, -0.2) is 53.1 Å². The van der Waals surface area contributed by atoms with Gasteiger partial charge in [-0.1, -0.05) is 60.2 Å². The number of aryl methyl sites for hydroxylation is 1. The molecule has 1 amide bonds. The molecule has 0 N–H and O–H groups in total. The van der Waals surface area contributed by atoms with E-state index in [1.165, 1.54) is 22.9 Å². The lowest BCUT2D eigenvalue weighted by molar-refractivity contribution is 0.0741. The minimum absolute atomic E-state index is 0.133. The van der Waals surface area contributed by atoms with Crippen LogP contribution in [0, 0.1) is 12.7 Å². The van der Waals surface area contributed by atoms with Gasteiger partial charge in [0.25, 0.3) is 5.91 Å². The molecule has 0 radical (unpaired) electrons. The minimum atomic E-state index is -0.415. The summed E-state index contributed by atoms with van der Waals surface area (Å²) in [4.78, 5) is 22.6. The highest BCUT2D eigenvalue weighted by Gasteiger charge is 2.26. The summed E-state index contributed by atoms with van der Waals surface area (Å²) in [7, 11) is 0. The Hall–Kier alpha value is -4.65. The standard InChI is InChI=1S/C33H31FN4O2/c1-3-40-30-20-27(34)19-29(21-30)38-22-31(35-32(38)25-10-8-23(2)9-11-25)33(39)37-16-14-36(15-17-37)28-13-12-24-6-4-5-7-26(24)18-28/h4-13,18-22H,3,14-17H2,1-2H3. The van der Waals surface area contributed by atoms with E-state index in [9.17, 15) is 9.18 Å². The molecule has 1 saturated heterocycles. The normalized spacial score (nSPS) is 13.6. The number of hydrogen-bond acceptors (Lipinski definition) is 4. The van der Waals surface area contributed by atoms with Crippen LogP contribution in [0.2, 0.25) is 0 Å². The molecule has 0 saturated carbocycles. The third-order valence-electron chi connectivity index (χ3n) is 7.35. The van der Waals surface area contributed by atoms with E-state index < -0.39 is 5.82 Å². The lowest BCUT2D eigenvalue weighted by atomic mass is 10.1. The highest BCUT2D eigenvalue weighted by molar-refractivity contribution is 5.93. The molecule has 5 aromatic rings. The summed E-state index contributed by atoms with van der Waals surface area (Å²) in [5, 5.41) is 2.42. The molecule has 1 aliphatic rings. The number of piperazine rings is 1. The van der Waals surface area contributed by atoms with Crippen molar-refractivity contribution in [2.45, 2.75) is 13.8 Å². The Morgan fingerprint density at radius 3 is 2.38 bits per heavy atom. The van der Waals surface area contributed by atoms with Crippen LogP contribution in [0.25, 0.3) is 27.8 Å². The molecule has 0 bridgehead atoms. The molecule has 0 unspecified atom stereocenters. The average molecular weight is 535 g/mol. The SMILES string of the molecule is CCOc1cc(F)cc(-n2cc(C(=O)N3CCN(c4ccc5ccccc5c4)CC3)nc2-c2ccc(C)cc2)c1. The summed E-state index contributed by atoms with van der Waals surface area (Å²) in [6, 6.07) is 27.3. The second kappa shape index (κ2) is 10.8. The molecule has 6 rings (SSSR count). The van der Waals surface area contributed by atoms with E-state index in [0.29, 0.717) is 42.7 Å².